The molecule has 0 aliphatic carbocycles. The van der Waals surface area contributed by atoms with E-state index in [0.717, 1.165) is 43.1 Å². The fourth-order valence-corrected chi connectivity index (χ4v) is 3.39. The Bertz CT molecular complexity index is 825. The van der Waals surface area contributed by atoms with Gasteiger partial charge < -0.3 is 5.32 Å². The fourth-order valence-electron chi connectivity index (χ4n) is 3.27. The molecule has 0 bridgehead atoms. The van der Waals surface area contributed by atoms with Crippen molar-refractivity contribution in [2.75, 3.05) is 13.1 Å². The number of nitrogens with zero attached hydrogens (tertiary/aromatic N) is 3. The largest absolute Gasteiger partial charge is 0.316 e. The summed E-state index contributed by atoms with van der Waals surface area (Å²) >= 11 is 6.07. The molecule has 0 fully saturated rings. The average molecular weight is 339 g/mol. The van der Waals surface area contributed by atoms with E-state index in [1.807, 2.05) is 24.4 Å². The van der Waals surface area contributed by atoms with Crippen LogP contribution in [-0.4, -0.2) is 27.9 Å². The second-order valence-corrected chi connectivity index (χ2v) is 6.49. The molecular weight excluding hydrogens is 320 g/mol. The summed E-state index contributed by atoms with van der Waals surface area (Å²) in [4.78, 5) is 4.22. The Kier molecular flexibility index (Phi) is 4.32. The molecule has 1 N–H and O–H groups in total. The van der Waals surface area contributed by atoms with E-state index in [-0.39, 0.29) is 0 Å². The predicted molar refractivity (Wildman–Crippen MR) is 96.3 cm³/mol. The zero-order valence-electron chi connectivity index (χ0n) is 13.4. The van der Waals surface area contributed by atoms with Gasteiger partial charge in [-0.3, -0.25) is 9.67 Å². The summed E-state index contributed by atoms with van der Waals surface area (Å²) in [6, 6.07) is 12.1. The van der Waals surface area contributed by atoms with E-state index >= 15 is 0 Å². The number of fused-ring (bicyclic) bond motifs is 1. The van der Waals surface area contributed by atoms with Gasteiger partial charge in [-0.05, 0) is 36.7 Å². The molecule has 1 aliphatic rings. The molecule has 0 spiro atoms. The zero-order chi connectivity index (χ0) is 16.4. The van der Waals surface area contributed by atoms with Gasteiger partial charge in [0.05, 0.1) is 17.9 Å². The van der Waals surface area contributed by atoms with Crippen molar-refractivity contribution in [2.45, 2.75) is 19.4 Å². The molecule has 24 heavy (non-hydrogen) atoms. The Morgan fingerprint density at radius 2 is 1.92 bits per heavy atom. The first-order valence-electron chi connectivity index (χ1n) is 8.25. The number of aromatic nitrogens is 3. The van der Waals surface area contributed by atoms with E-state index in [2.05, 4.69) is 33.2 Å². The molecule has 4 nitrogen and oxygen atoms in total. The van der Waals surface area contributed by atoms with Crippen LogP contribution in [0.2, 0.25) is 5.02 Å². The smallest absolute Gasteiger partial charge is 0.0721 e. The Labute approximate surface area is 146 Å². The molecule has 0 saturated heterocycles. The van der Waals surface area contributed by atoms with Crippen molar-refractivity contribution in [1.82, 2.24) is 20.1 Å². The first kappa shape index (κ1) is 15.4. The van der Waals surface area contributed by atoms with E-state index in [4.69, 9.17) is 16.7 Å². The van der Waals surface area contributed by atoms with Crippen molar-refractivity contribution >= 4 is 11.6 Å². The highest BCUT2D eigenvalue weighted by Gasteiger charge is 2.20. The Balaban J connectivity index is 1.81. The van der Waals surface area contributed by atoms with Crippen molar-refractivity contribution in [3.63, 3.8) is 0 Å². The summed E-state index contributed by atoms with van der Waals surface area (Å²) in [6.45, 7) is 2.70. The first-order valence-corrected chi connectivity index (χ1v) is 8.63. The van der Waals surface area contributed by atoms with Crippen LogP contribution in [0.5, 0.6) is 0 Å². The summed E-state index contributed by atoms with van der Waals surface area (Å²) in [7, 11) is 0. The second kappa shape index (κ2) is 6.75. The van der Waals surface area contributed by atoms with E-state index in [0.29, 0.717) is 0 Å². The van der Waals surface area contributed by atoms with E-state index in [9.17, 15) is 0 Å². The maximum absolute atomic E-state index is 6.07. The standard InChI is InChI=1S/C19H19ClN4/c20-16-5-3-15(4-6-16)19-17-7-10-21-11-8-18(17)23-24(19)13-14-2-1-9-22-12-14/h1-6,9,12,21H,7-8,10-11,13H2. The summed E-state index contributed by atoms with van der Waals surface area (Å²) in [5, 5.41) is 9.13. The van der Waals surface area contributed by atoms with E-state index in [1.165, 1.54) is 22.5 Å². The molecule has 0 amide bonds. The second-order valence-electron chi connectivity index (χ2n) is 6.05. The molecule has 0 unspecified atom stereocenters. The van der Waals surface area contributed by atoms with Crippen LogP contribution >= 0.6 is 11.6 Å². The lowest BCUT2D eigenvalue weighted by Crippen LogP contribution is -2.17. The van der Waals surface area contributed by atoms with Crippen LogP contribution in [-0.2, 0) is 19.4 Å². The quantitative estimate of drug-likeness (QED) is 0.796. The molecule has 2 aromatic heterocycles. The number of pyridine rings is 1. The molecule has 5 heteroatoms. The third kappa shape index (κ3) is 3.07. The van der Waals surface area contributed by atoms with Gasteiger partial charge in [-0.25, -0.2) is 0 Å². The van der Waals surface area contributed by atoms with Gasteiger partial charge in [0.1, 0.15) is 0 Å². The topological polar surface area (TPSA) is 42.7 Å². The van der Waals surface area contributed by atoms with Crippen LogP contribution < -0.4 is 5.32 Å². The monoisotopic (exact) mass is 338 g/mol. The lowest BCUT2D eigenvalue weighted by molar-refractivity contribution is 0.654. The normalized spacial score (nSPS) is 14.2. The number of nitrogens with one attached hydrogen (secondary N) is 1. The molecule has 1 aromatic carbocycles. The third-order valence-electron chi connectivity index (χ3n) is 4.40. The lowest BCUT2D eigenvalue weighted by atomic mass is 10.0. The molecule has 122 valence electrons. The molecule has 3 aromatic rings. The third-order valence-corrected chi connectivity index (χ3v) is 4.65. The van der Waals surface area contributed by atoms with Crippen molar-refractivity contribution < 1.29 is 0 Å². The summed E-state index contributed by atoms with van der Waals surface area (Å²) in [5.74, 6) is 0. The molecular formula is C19H19ClN4. The predicted octanol–water partition coefficient (Wildman–Crippen LogP) is 3.34. The Morgan fingerprint density at radius 3 is 2.71 bits per heavy atom. The Hall–Kier alpha value is -2.17. The average Bonchev–Trinajstić information content (AvgIpc) is 2.78. The van der Waals surface area contributed by atoms with Gasteiger partial charge >= 0.3 is 0 Å². The van der Waals surface area contributed by atoms with Gasteiger partial charge in [0.2, 0.25) is 0 Å². The van der Waals surface area contributed by atoms with Gasteiger partial charge in [-0.15, -0.1) is 0 Å². The summed E-state index contributed by atoms with van der Waals surface area (Å²) in [5.41, 5.74) is 6.08. The van der Waals surface area contributed by atoms with Crippen molar-refractivity contribution in [3.05, 3.63) is 70.6 Å². The maximum Gasteiger partial charge on any atom is 0.0721 e. The molecule has 0 saturated carbocycles. The van der Waals surface area contributed by atoms with Crippen LogP contribution in [0.15, 0.2) is 48.8 Å². The number of rotatable bonds is 3. The molecule has 1 aliphatic heterocycles. The highest BCUT2D eigenvalue weighted by atomic mass is 35.5. The van der Waals surface area contributed by atoms with Gasteiger partial charge in [-0.1, -0.05) is 29.8 Å². The minimum atomic E-state index is 0.728. The van der Waals surface area contributed by atoms with Gasteiger partial charge in [0.25, 0.3) is 0 Å². The highest BCUT2D eigenvalue weighted by Crippen LogP contribution is 2.29. The van der Waals surface area contributed by atoms with Gasteiger partial charge in [-0.2, -0.15) is 5.10 Å². The minimum Gasteiger partial charge on any atom is -0.316 e. The van der Waals surface area contributed by atoms with Gasteiger partial charge in [0, 0.05) is 41.5 Å². The Morgan fingerprint density at radius 1 is 1.08 bits per heavy atom. The fraction of sp³-hybridized carbons (Fsp3) is 0.263. The van der Waals surface area contributed by atoms with Crippen molar-refractivity contribution in [2.24, 2.45) is 0 Å². The zero-order valence-corrected chi connectivity index (χ0v) is 14.1. The molecule has 0 atom stereocenters. The lowest BCUT2D eigenvalue weighted by Gasteiger charge is -2.10. The van der Waals surface area contributed by atoms with Crippen molar-refractivity contribution in [1.29, 1.82) is 0 Å². The number of hydrogen-bond acceptors (Lipinski definition) is 3. The molecule has 4 rings (SSSR count). The number of benzene rings is 1. The highest BCUT2D eigenvalue weighted by molar-refractivity contribution is 6.30. The SMILES string of the molecule is Clc1ccc(-c2c3c(nn2Cc2cccnc2)CCNCC3)cc1. The number of hydrogen-bond donors (Lipinski definition) is 1. The van der Waals surface area contributed by atoms with Gasteiger partial charge in [0.15, 0.2) is 0 Å². The van der Waals surface area contributed by atoms with Crippen LogP contribution in [0.1, 0.15) is 16.8 Å². The van der Waals surface area contributed by atoms with Crippen molar-refractivity contribution in [3.8, 4) is 11.3 Å². The molecule has 3 heterocycles. The minimum absolute atomic E-state index is 0.728. The molecule has 0 radical (unpaired) electrons. The van der Waals surface area contributed by atoms with E-state index < -0.39 is 0 Å². The van der Waals surface area contributed by atoms with Crippen LogP contribution in [0.25, 0.3) is 11.3 Å². The maximum atomic E-state index is 6.07. The first-order chi connectivity index (χ1) is 11.8. The van der Waals surface area contributed by atoms with Crippen LogP contribution in [0, 0.1) is 0 Å². The van der Waals surface area contributed by atoms with E-state index in [1.54, 1.807) is 6.20 Å². The van der Waals surface area contributed by atoms with Crippen LogP contribution in [0.4, 0.5) is 0 Å². The summed E-state index contributed by atoms with van der Waals surface area (Å²) < 4.78 is 2.12. The summed E-state index contributed by atoms with van der Waals surface area (Å²) in [6.07, 6.45) is 5.67. The van der Waals surface area contributed by atoms with Crippen LogP contribution in [0.3, 0.4) is 0 Å². The number of halogens is 1.